The molecule has 0 bridgehead atoms. The number of rotatable bonds is 11. The number of carbonyl (C=O) groups is 5. The van der Waals surface area contributed by atoms with Gasteiger partial charge in [0.2, 0.25) is 11.8 Å². The van der Waals surface area contributed by atoms with Crippen LogP contribution >= 0.6 is 0 Å². The van der Waals surface area contributed by atoms with E-state index in [-0.39, 0.29) is 38.6 Å². The molecule has 12 heteroatoms. The van der Waals surface area contributed by atoms with Crippen LogP contribution in [-0.4, -0.2) is 63.8 Å². The molecular weight excluding hydrogens is 435 g/mol. The van der Waals surface area contributed by atoms with E-state index < -0.39 is 59.8 Å². The summed E-state index contributed by atoms with van der Waals surface area (Å²) in [5, 5.41) is 14.0. The molecule has 0 aromatic rings. The predicted octanol–water partition coefficient (Wildman–Crippen LogP) is 0.244. The maximum Gasteiger partial charge on any atom is 0.403 e. The second kappa shape index (κ2) is 9.80. The van der Waals surface area contributed by atoms with Crippen molar-refractivity contribution in [2.24, 2.45) is 5.92 Å². The first-order chi connectivity index (χ1) is 14.8. The highest BCUT2D eigenvalue weighted by molar-refractivity contribution is 6.12. The summed E-state index contributed by atoms with van der Waals surface area (Å²) in [7, 11) is 0. The molecule has 32 heavy (non-hydrogen) atoms. The molecule has 1 unspecified atom stereocenters. The number of halogens is 3. The van der Waals surface area contributed by atoms with E-state index in [9.17, 15) is 42.3 Å². The van der Waals surface area contributed by atoms with Gasteiger partial charge in [-0.05, 0) is 18.8 Å². The third kappa shape index (κ3) is 5.17. The Morgan fingerprint density at radius 2 is 1.56 bits per heavy atom. The van der Waals surface area contributed by atoms with Crippen LogP contribution in [0.3, 0.4) is 0 Å². The molecule has 2 aliphatic heterocycles. The van der Waals surface area contributed by atoms with Crippen molar-refractivity contribution in [3.63, 3.8) is 0 Å². The van der Waals surface area contributed by atoms with Crippen LogP contribution in [0.15, 0.2) is 12.2 Å². The van der Waals surface area contributed by atoms with E-state index in [4.69, 9.17) is 0 Å². The lowest BCUT2D eigenvalue weighted by Gasteiger charge is -2.47. The van der Waals surface area contributed by atoms with E-state index in [2.05, 4.69) is 0 Å². The summed E-state index contributed by atoms with van der Waals surface area (Å²) in [6.45, 7) is 2.63. The zero-order chi connectivity index (χ0) is 24.3. The zero-order valence-electron chi connectivity index (χ0n) is 17.7. The summed E-state index contributed by atoms with van der Waals surface area (Å²) in [6, 6.07) is -2.33. The number of nitrogens with zero attached hydrogens (tertiary/aromatic N) is 2. The van der Waals surface area contributed by atoms with Gasteiger partial charge in [0.1, 0.15) is 11.7 Å². The normalized spacial score (nSPS) is 19.9. The van der Waals surface area contributed by atoms with Gasteiger partial charge in [0, 0.05) is 31.5 Å². The van der Waals surface area contributed by atoms with Crippen LogP contribution in [0.4, 0.5) is 13.2 Å². The van der Waals surface area contributed by atoms with Crippen molar-refractivity contribution < 1.29 is 42.3 Å². The Hall–Kier alpha value is -2.76. The maximum atomic E-state index is 13.7. The van der Waals surface area contributed by atoms with Crippen molar-refractivity contribution in [1.29, 1.82) is 0 Å². The highest BCUT2D eigenvalue weighted by Gasteiger charge is 2.54. The van der Waals surface area contributed by atoms with E-state index in [0.717, 1.165) is 17.1 Å². The summed E-state index contributed by atoms with van der Waals surface area (Å²) in [5.74, 6) is -5.84. The van der Waals surface area contributed by atoms with Crippen LogP contribution in [-0.2, 0) is 24.0 Å². The van der Waals surface area contributed by atoms with E-state index in [1.807, 2.05) is 5.32 Å². The minimum absolute atomic E-state index is 0.00998. The van der Waals surface area contributed by atoms with Crippen LogP contribution in [0.5, 0.6) is 0 Å². The molecule has 0 aliphatic carbocycles. The second-order valence-corrected chi connectivity index (χ2v) is 8.08. The van der Waals surface area contributed by atoms with Gasteiger partial charge < -0.3 is 9.90 Å². The van der Waals surface area contributed by atoms with Crippen molar-refractivity contribution in [3.8, 4) is 0 Å². The number of aliphatic carboxylic acids is 1. The van der Waals surface area contributed by atoms with Gasteiger partial charge >= 0.3 is 6.18 Å². The largest absolute Gasteiger partial charge is 0.546 e. The quantitative estimate of drug-likeness (QED) is 0.346. The molecule has 2 aliphatic rings. The first-order valence-corrected chi connectivity index (χ1v) is 10.3. The van der Waals surface area contributed by atoms with Gasteiger partial charge in [0.15, 0.2) is 0 Å². The Kier molecular flexibility index (Phi) is 7.81. The van der Waals surface area contributed by atoms with Crippen molar-refractivity contribution >= 4 is 29.6 Å². The van der Waals surface area contributed by atoms with Gasteiger partial charge in [-0.1, -0.05) is 26.7 Å². The van der Waals surface area contributed by atoms with E-state index in [1.54, 1.807) is 0 Å². The summed E-state index contributed by atoms with van der Waals surface area (Å²) < 4.78 is 41.2. The summed E-state index contributed by atoms with van der Waals surface area (Å²) in [6.07, 6.45) is -3.28. The number of hydrogen-bond donors (Lipinski definition) is 1. The highest BCUT2D eigenvalue weighted by Crippen LogP contribution is 2.33. The number of carboxylic acid groups (broad SMARTS) is 1. The van der Waals surface area contributed by atoms with Gasteiger partial charge in [-0.25, -0.2) is 0 Å². The first kappa shape index (κ1) is 25.5. The van der Waals surface area contributed by atoms with Gasteiger partial charge in [-0.15, -0.1) is 0 Å². The highest BCUT2D eigenvalue weighted by atomic mass is 19.4. The molecule has 0 aromatic carbocycles. The van der Waals surface area contributed by atoms with E-state index in [0.29, 0.717) is 4.90 Å². The number of imide groups is 2. The third-order valence-corrected chi connectivity index (χ3v) is 5.62. The molecule has 2 atom stereocenters. The van der Waals surface area contributed by atoms with Gasteiger partial charge in [0.05, 0.1) is 5.97 Å². The van der Waals surface area contributed by atoms with Crippen molar-refractivity contribution in [2.75, 3.05) is 6.54 Å². The molecule has 9 nitrogen and oxygen atoms in total. The average molecular weight is 460 g/mol. The Morgan fingerprint density at radius 1 is 1.03 bits per heavy atom. The Bertz CT molecular complexity index is 792. The number of likely N-dealkylation sites (tertiary alicyclic amines) is 1. The standard InChI is InChI=1S/C20H26F3N3O6/c1-12(2)19(18(31)32,26-16(29)9-10-17(26)30)24-13(20(21,22)23)6-4-3-5-11-25-14(27)7-8-15(25)28/h7-8,12-13,24H,3-6,9-11H2,1-2H3,(H,31,32)/p-1/t13?,19-/m0/s1. The molecule has 2 heterocycles. The predicted molar refractivity (Wildman–Crippen MR) is 101 cm³/mol. The lowest BCUT2D eigenvalue weighted by Crippen LogP contribution is -2.75. The minimum atomic E-state index is -4.87. The monoisotopic (exact) mass is 460 g/mol. The van der Waals surface area contributed by atoms with Gasteiger partial charge in [-0.3, -0.25) is 34.3 Å². The molecular formula is C20H25F3N3O6-. The number of carbonyl (C=O) groups excluding carboxylic acids is 5. The molecule has 0 spiro atoms. The van der Waals surface area contributed by atoms with E-state index >= 15 is 0 Å². The van der Waals surface area contributed by atoms with Crippen molar-refractivity contribution in [1.82, 2.24) is 15.1 Å². The fourth-order valence-corrected chi connectivity index (χ4v) is 3.88. The lowest BCUT2D eigenvalue weighted by atomic mass is 9.91. The second-order valence-electron chi connectivity index (χ2n) is 8.08. The van der Waals surface area contributed by atoms with E-state index in [1.165, 1.54) is 13.8 Å². The number of nitrogens with one attached hydrogen (secondary N) is 1. The molecule has 4 amide bonds. The fraction of sp³-hybridized carbons (Fsp3) is 0.650. The van der Waals surface area contributed by atoms with Crippen LogP contribution in [0, 0.1) is 5.92 Å². The number of carboxylic acids is 1. The zero-order valence-corrected chi connectivity index (χ0v) is 17.7. The summed E-state index contributed by atoms with van der Waals surface area (Å²) >= 11 is 0. The molecule has 1 saturated heterocycles. The first-order valence-electron chi connectivity index (χ1n) is 10.3. The maximum absolute atomic E-state index is 13.7. The molecule has 2 rings (SSSR count). The van der Waals surface area contributed by atoms with Crippen molar-refractivity contribution in [2.45, 2.75) is 70.3 Å². The summed E-state index contributed by atoms with van der Waals surface area (Å²) in [5.41, 5.74) is -2.65. The van der Waals surface area contributed by atoms with Crippen LogP contribution < -0.4 is 10.4 Å². The number of hydrogen-bond acceptors (Lipinski definition) is 7. The fourth-order valence-electron chi connectivity index (χ4n) is 3.88. The van der Waals surface area contributed by atoms with Crippen LogP contribution in [0.2, 0.25) is 0 Å². The molecule has 178 valence electrons. The molecule has 0 aromatic heterocycles. The molecule has 0 saturated carbocycles. The average Bonchev–Trinajstić information content (AvgIpc) is 3.18. The van der Waals surface area contributed by atoms with Gasteiger partial charge in [-0.2, -0.15) is 13.2 Å². The Balaban J connectivity index is 2.10. The van der Waals surface area contributed by atoms with Crippen molar-refractivity contribution in [3.05, 3.63) is 12.2 Å². The Labute approximate surface area is 182 Å². The summed E-state index contributed by atoms with van der Waals surface area (Å²) in [4.78, 5) is 60.7. The minimum Gasteiger partial charge on any atom is -0.546 e. The molecule has 0 radical (unpaired) electrons. The van der Waals surface area contributed by atoms with Crippen LogP contribution in [0.1, 0.15) is 52.4 Å². The topological polar surface area (TPSA) is 127 Å². The van der Waals surface area contributed by atoms with Crippen LogP contribution in [0.25, 0.3) is 0 Å². The number of alkyl halides is 3. The smallest absolute Gasteiger partial charge is 0.403 e. The number of amides is 4. The molecule has 1 fully saturated rings. The lowest BCUT2D eigenvalue weighted by molar-refractivity contribution is -0.324. The SMILES string of the molecule is CC(C)[C@@](NC(CCCCCN1C(=O)C=CC1=O)C(F)(F)F)(C(=O)[O-])N1C(=O)CCC1=O. The third-order valence-electron chi connectivity index (χ3n) is 5.62. The molecule has 1 N–H and O–H groups in total. The number of unbranched alkanes of at least 4 members (excludes halogenated alkanes) is 2. The Morgan fingerprint density at radius 3 is 2.00 bits per heavy atom. The van der Waals surface area contributed by atoms with Gasteiger partial charge in [0.25, 0.3) is 11.8 Å².